The molecule has 9 heteroatoms. The number of benzene rings is 2. The number of nitrogens with one attached hydrogen (secondary N) is 2. The van der Waals surface area contributed by atoms with Crippen LogP contribution in [0.15, 0.2) is 53.9 Å². The third-order valence-corrected chi connectivity index (χ3v) is 6.44. The maximum absolute atomic E-state index is 12.4. The number of carbonyl (C=O) groups is 3. The second-order valence-corrected chi connectivity index (χ2v) is 8.90. The number of anilines is 1. The van der Waals surface area contributed by atoms with Gasteiger partial charge in [0.25, 0.3) is 5.91 Å². The van der Waals surface area contributed by atoms with Crippen molar-refractivity contribution in [2.45, 2.75) is 38.1 Å². The van der Waals surface area contributed by atoms with Gasteiger partial charge in [-0.3, -0.25) is 14.9 Å². The molecule has 8 nitrogen and oxygen atoms in total. The molecular weight excluding hydrogens is 454 g/mol. The van der Waals surface area contributed by atoms with Gasteiger partial charge in [0.2, 0.25) is 0 Å². The lowest BCUT2D eigenvalue weighted by Gasteiger charge is -2.15. The minimum Gasteiger partial charge on any atom is -0.481 e. The number of carboxylic acid groups (broad SMARTS) is 1. The zero-order valence-corrected chi connectivity index (χ0v) is 19.4. The van der Waals surface area contributed by atoms with E-state index in [0.29, 0.717) is 6.42 Å². The lowest BCUT2D eigenvalue weighted by molar-refractivity contribution is -0.137. The van der Waals surface area contributed by atoms with E-state index in [-0.39, 0.29) is 29.8 Å². The van der Waals surface area contributed by atoms with E-state index in [0.717, 1.165) is 40.0 Å². The number of aliphatic carboxylic acids is 1. The maximum Gasteiger partial charge on any atom is 0.413 e. The lowest BCUT2D eigenvalue weighted by Crippen LogP contribution is -2.36. The number of ether oxygens (including phenoxy) is 1. The van der Waals surface area contributed by atoms with Gasteiger partial charge in [-0.25, -0.2) is 9.78 Å². The van der Waals surface area contributed by atoms with Gasteiger partial charge >= 0.3 is 12.1 Å². The van der Waals surface area contributed by atoms with Crippen molar-refractivity contribution in [3.63, 3.8) is 0 Å². The van der Waals surface area contributed by atoms with E-state index >= 15 is 0 Å². The average Bonchev–Trinajstić information content (AvgIpc) is 3.40. The number of nitrogens with zero attached hydrogens (tertiary/aromatic N) is 1. The van der Waals surface area contributed by atoms with E-state index < -0.39 is 24.0 Å². The summed E-state index contributed by atoms with van der Waals surface area (Å²) in [5.41, 5.74) is 4.64. The highest BCUT2D eigenvalue weighted by Crippen LogP contribution is 2.44. The number of carbonyl (C=O) groups excluding carboxylic acids is 2. The summed E-state index contributed by atoms with van der Waals surface area (Å²) in [6, 6.07) is 15.7. The normalized spacial score (nSPS) is 13.0. The molecule has 2 aromatic carbocycles. The zero-order chi connectivity index (χ0) is 24.1. The van der Waals surface area contributed by atoms with Crippen molar-refractivity contribution in [1.29, 1.82) is 0 Å². The van der Waals surface area contributed by atoms with Gasteiger partial charge in [-0.1, -0.05) is 61.9 Å². The van der Waals surface area contributed by atoms with E-state index in [1.807, 2.05) is 43.3 Å². The Morgan fingerprint density at radius 1 is 1.09 bits per heavy atom. The third kappa shape index (κ3) is 5.26. The first-order valence-electron chi connectivity index (χ1n) is 11.1. The van der Waals surface area contributed by atoms with Crippen molar-refractivity contribution in [2.24, 2.45) is 0 Å². The predicted octanol–water partition coefficient (Wildman–Crippen LogP) is 4.88. The number of fused-ring (bicyclic) bond motifs is 3. The standard InChI is InChI=1S/C25H25N3O5S/c1-2-7-15(12-22(29)30)26-23(31)21-14-34-24(27-21)28-25(32)33-13-20-18-10-5-3-8-16(18)17-9-4-6-11-19(17)20/h3-6,8-11,14-15,20H,2,7,12-13H2,1H3,(H,26,31)(H,29,30)(H,27,28,32). The molecule has 0 fully saturated rings. The lowest BCUT2D eigenvalue weighted by atomic mass is 9.98. The van der Waals surface area contributed by atoms with Crippen molar-refractivity contribution in [3.8, 4) is 11.1 Å². The minimum atomic E-state index is -0.977. The largest absolute Gasteiger partial charge is 0.481 e. The summed E-state index contributed by atoms with van der Waals surface area (Å²) in [5.74, 6) is -1.51. The van der Waals surface area contributed by atoms with Gasteiger partial charge in [-0.15, -0.1) is 11.3 Å². The van der Waals surface area contributed by atoms with Crippen molar-refractivity contribution in [3.05, 3.63) is 70.7 Å². The number of hydrogen-bond donors (Lipinski definition) is 3. The van der Waals surface area contributed by atoms with E-state index in [2.05, 4.69) is 27.8 Å². The average molecular weight is 480 g/mol. The summed E-state index contributed by atoms with van der Waals surface area (Å²) in [4.78, 5) is 40.0. The second-order valence-electron chi connectivity index (χ2n) is 8.05. The third-order valence-electron chi connectivity index (χ3n) is 5.68. The highest BCUT2D eigenvalue weighted by atomic mass is 32.1. The Labute approximate surface area is 201 Å². The van der Waals surface area contributed by atoms with Crippen LogP contribution in [0.5, 0.6) is 0 Å². The first-order chi connectivity index (χ1) is 16.5. The van der Waals surface area contributed by atoms with Gasteiger partial charge in [-0.05, 0) is 28.7 Å². The van der Waals surface area contributed by atoms with Crippen LogP contribution in [0.25, 0.3) is 11.1 Å². The van der Waals surface area contributed by atoms with Crippen LogP contribution in [-0.2, 0) is 9.53 Å². The highest BCUT2D eigenvalue weighted by molar-refractivity contribution is 7.14. The van der Waals surface area contributed by atoms with Gasteiger partial charge in [0.15, 0.2) is 5.13 Å². The molecule has 2 amide bonds. The molecule has 1 heterocycles. The van der Waals surface area contributed by atoms with Gasteiger partial charge < -0.3 is 15.2 Å². The smallest absolute Gasteiger partial charge is 0.413 e. The first-order valence-corrected chi connectivity index (χ1v) is 11.9. The summed E-state index contributed by atoms with van der Waals surface area (Å²) >= 11 is 1.10. The fraction of sp³-hybridized carbons (Fsp3) is 0.280. The molecule has 3 aromatic rings. The molecule has 0 spiro atoms. The summed E-state index contributed by atoms with van der Waals surface area (Å²) in [7, 11) is 0. The van der Waals surface area contributed by atoms with Crippen molar-refractivity contribution < 1.29 is 24.2 Å². The molecule has 0 saturated heterocycles. The number of hydrogen-bond acceptors (Lipinski definition) is 6. The Bertz CT molecular complexity index is 1160. The summed E-state index contributed by atoms with van der Waals surface area (Å²) < 4.78 is 5.50. The van der Waals surface area contributed by atoms with Crippen LogP contribution in [0.2, 0.25) is 0 Å². The van der Waals surface area contributed by atoms with Crippen LogP contribution in [0.3, 0.4) is 0 Å². The number of amides is 2. The SMILES string of the molecule is CCCC(CC(=O)O)NC(=O)c1csc(NC(=O)OCC2c3ccccc3-c3ccccc32)n1. The van der Waals surface area contributed by atoms with Crippen LogP contribution in [0, 0.1) is 0 Å². The van der Waals surface area contributed by atoms with Crippen molar-refractivity contribution >= 4 is 34.4 Å². The van der Waals surface area contributed by atoms with Crippen molar-refractivity contribution in [2.75, 3.05) is 11.9 Å². The molecule has 0 aliphatic heterocycles. The molecule has 0 radical (unpaired) electrons. The molecule has 176 valence electrons. The first kappa shape index (κ1) is 23.4. The Morgan fingerprint density at radius 2 is 1.74 bits per heavy atom. The highest BCUT2D eigenvalue weighted by Gasteiger charge is 2.29. The molecule has 1 unspecified atom stereocenters. The van der Waals surface area contributed by atoms with Crippen LogP contribution in [0.4, 0.5) is 9.93 Å². The molecule has 1 aromatic heterocycles. The molecule has 34 heavy (non-hydrogen) atoms. The minimum absolute atomic E-state index is 0.0551. The van der Waals surface area contributed by atoms with E-state index in [1.54, 1.807) is 0 Å². The fourth-order valence-electron chi connectivity index (χ4n) is 4.20. The Balaban J connectivity index is 1.35. The van der Waals surface area contributed by atoms with Crippen molar-refractivity contribution in [1.82, 2.24) is 10.3 Å². The Hall–Kier alpha value is -3.72. The summed E-state index contributed by atoms with van der Waals surface area (Å²) in [6.45, 7) is 2.09. The van der Waals surface area contributed by atoms with Crippen LogP contribution in [0.1, 0.15) is 53.7 Å². The Kier molecular flexibility index (Phi) is 7.22. The zero-order valence-electron chi connectivity index (χ0n) is 18.6. The molecule has 0 bridgehead atoms. The van der Waals surface area contributed by atoms with Gasteiger partial charge in [0, 0.05) is 17.3 Å². The Morgan fingerprint density at radius 3 is 2.35 bits per heavy atom. The topological polar surface area (TPSA) is 118 Å². The molecule has 1 aliphatic rings. The van der Waals surface area contributed by atoms with Crippen LogP contribution in [-0.4, -0.2) is 40.7 Å². The predicted molar refractivity (Wildman–Crippen MR) is 129 cm³/mol. The van der Waals surface area contributed by atoms with E-state index in [9.17, 15) is 14.4 Å². The van der Waals surface area contributed by atoms with E-state index in [1.165, 1.54) is 5.38 Å². The maximum atomic E-state index is 12.4. The number of thiazole rings is 1. The molecule has 1 aliphatic carbocycles. The number of aromatic nitrogens is 1. The van der Waals surface area contributed by atoms with E-state index in [4.69, 9.17) is 9.84 Å². The quantitative estimate of drug-likeness (QED) is 0.403. The number of carboxylic acids is 1. The molecule has 4 rings (SSSR count). The molecule has 1 atom stereocenters. The fourth-order valence-corrected chi connectivity index (χ4v) is 4.88. The summed E-state index contributed by atoms with van der Waals surface area (Å²) in [5, 5.41) is 16.0. The van der Waals surface area contributed by atoms with Crippen LogP contribution >= 0.6 is 11.3 Å². The van der Waals surface area contributed by atoms with Gasteiger partial charge in [0.05, 0.1) is 6.42 Å². The van der Waals surface area contributed by atoms with Gasteiger partial charge in [-0.2, -0.15) is 0 Å². The number of rotatable bonds is 9. The second kappa shape index (κ2) is 10.5. The molecule has 3 N–H and O–H groups in total. The molecular formula is C25H25N3O5S. The molecule has 0 saturated carbocycles. The summed E-state index contributed by atoms with van der Waals surface area (Å²) in [6.07, 6.45) is 0.476. The monoisotopic (exact) mass is 479 g/mol. The van der Waals surface area contributed by atoms with Crippen LogP contribution < -0.4 is 10.6 Å². The van der Waals surface area contributed by atoms with Gasteiger partial charge in [0.1, 0.15) is 12.3 Å².